The van der Waals surface area contributed by atoms with Gasteiger partial charge in [0, 0.05) is 11.6 Å². The number of fused-ring (bicyclic) bond motifs is 3. The molecule has 0 aromatic heterocycles. The van der Waals surface area contributed by atoms with Crippen molar-refractivity contribution in [3.63, 3.8) is 0 Å². The van der Waals surface area contributed by atoms with Crippen LogP contribution in [0.2, 0.25) is 0 Å². The Bertz CT molecular complexity index is 1160. The number of nitrogens with one attached hydrogen (secondary N) is 1. The smallest absolute Gasteiger partial charge is 0.312 e. The minimum absolute atomic E-state index is 0.00384. The van der Waals surface area contributed by atoms with Gasteiger partial charge in [0.05, 0.1) is 4.90 Å². The number of alkyl halides is 7. The molecule has 2 aromatic carbocycles. The summed E-state index contributed by atoms with van der Waals surface area (Å²) in [6, 6.07) is 7.35. The highest BCUT2D eigenvalue weighted by molar-refractivity contribution is 7.92. The summed E-state index contributed by atoms with van der Waals surface area (Å²) >= 11 is 0. The Kier molecular flexibility index (Phi) is 5.40. The van der Waals surface area contributed by atoms with E-state index in [0.717, 1.165) is 11.6 Å². The van der Waals surface area contributed by atoms with Gasteiger partial charge in [-0.15, -0.1) is 0 Å². The van der Waals surface area contributed by atoms with Crippen LogP contribution in [0.4, 0.5) is 30.7 Å². The monoisotopic (exact) mass is 495 g/mol. The van der Waals surface area contributed by atoms with Crippen molar-refractivity contribution in [2.75, 3.05) is 6.54 Å². The van der Waals surface area contributed by atoms with Crippen LogP contribution in [0.25, 0.3) is 0 Å². The number of hydrogen-bond donors (Lipinski definition) is 1. The van der Waals surface area contributed by atoms with E-state index in [-0.39, 0.29) is 35.3 Å². The zero-order chi connectivity index (χ0) is 24.4. The number of rotatable bonds is 3. The topological polar surface area (TPSA) is 46.2 Å². The van der Waals surface area contributed by atoms with E-state index in [1.165, 1.54) is 12.1 Å². The molecule has 0 bridgehead atoms. The summed E-state index contributed by atoms with van der Waals surface area (Å²) in [6.45, 7) is 2.08. The molecule has 1 aliphatic heterocycles. The van der Waals surface area contributed by atoms with Crippen LogP contribution in [0.15, 0.2) is 47.4 Å². The maximum absolute atomic E-state index is 14.6. The Morgan fingerprint density at radius 3 is 2.12 bits per heavy atom. The summed E-state index contributed by atoms with van der Waals surface area (Å²) in [7, 11) is -4.10. The van der Waals surface area contributed by atoms with Gasteiger partial charge >= 0.3 is 18.0 Å². The maximum atomic E-state index is 14.6. The van der Waals surface area contributed by atoms with Gasteiger partial charge < -0.3 is 5.32 Å². The highest BCUT2D eigenvalue weighted by atomic mass is 32.2. The van der Waals surface area contributed by atoms with Gasteiger partial charge in [0.25, 0.3) is 0 Å². The van der Waals surface area contributed by atoms with Gasteiger partial charge in [-0.3, -0.25) is 0 Å². The first kappa shape index (κ1) is 24.0. The zero-order valence-electron chi connectivity index (χ0n) is 17.3. The molecule has 4 rings (SSSR count). The number of halogens is 7. The molecule has 1 aliphatic carbocycles. The highest BCUT2D eigenvalue weighted by Crippen LogP contribution is 2.55. The molecule has 0 amide bonds. The van der Waals surface area contributed by atoms with Crippen LogP contribution in [-0.4, -0.2) is 33.4 Å². The SMILES string of the molecule is Cc1ccc(S(=O)(=O)C23CCNC2CCc2cc(C(F)(C(F)(F)F)C(F)(F)F)ccc23)cc1. The first-order valence-electron chi connectivity index (χ1n) is 10.2. The molecule has 180 valence electrons. The van der Waals surface area contributed by atoms with Crippen LogP contribution < -0.4 is 5.32 Å². The molecular formula is C22H20F7NO2S. The molecule has 11 heteroatoms. The second-order valence-electron chi connectivity index (χ2n) is 8.53. The lowest BCUT2D eigenvalue weighted by Crippen LogP contribution is -2.51. The lowest BCUT2D eigenvalue weighted by Gasteiger charge is -2.41. The summed E-state index contributed by atoms with van der Waals surface area (Å²) in [5.74, 6) is 0. The van der Waals surface area contributed by atoms with Crippen molar-refractivity contribution in [3.05, 3.63) is 64.7 Å². The fourth-order valence-corrected chi connectivity index (χ4v) is 7.39. The molecule has 2 aliphatic rings. The summed E-state index contributed by atoms with van der Waals surface area (Å²) in [6.07, 6.45) is -12.2. The van der Waals surface area contributed by atoms with Crippen molar-refractivity contribution in [2.24, 2.45) is 0 Å². The normalized spacial score (nSPS) is 23.8. The zero-order valence-corrected chi connectivity index (χ0v) is 18.1. The Morgan fingerprint density at radius 2 is 1.55 bits per heavy atom. The average molecular weight is 495 g/mol. The third-order valence-electron chi connectivity index (χ3n) is 6.70. The van der Waals surface area contributed by atoms with Gasteiger partial charge in [0.1, 0.15) is 4.75 Å². The van der Waals surface area contributed by atoms with Gasteiger partial charge in [-0.05, 0) is 56.0 Å². The fourth-order valence-electron chi connectivity index (χ4n) is 5.04. The quantitative estimate of drug-likeness (QED) is 0.591. The minimum atomic E-state index is -6.24. The lowest BCUT2D eigenvalue weighted by molar-refractivity contribution is -0.348. The van der Waals surface area contributed by atoms with Gasteiger partial charge in [0.15, 0.2) is 9.84 Å². The van der Waals surface area contributed by atoms with Crippen molar-refractivity contribution >= 4 is 9.84 Å². The molecule has 2 atom stereocenters. The number of aryl methyl sites for hydroxylation is 2. The summed E-state index contributed by atoms with van der Waals surface area (Å²) in [5.41, 5.74) is -6.27. The Morgan fingerprint density at radius 1 is 0.939 bits per heavy atom. The molecule has 0 saturated carbocycles. The third-order valence-corrected chi connectivity index (χ3v) is 9.26. The van der Waals surface area contributed by atoms with E-state index in [1.54, 1.807) is 19.1 Å². The number of hydrogen-bond acceptors (Lipinski definition) is 3. The largest absolute Gasteiger partial charge is 0.435 e. The molecule has 1 saturated heterocycles. The van der Waals surface area contributed by atoms with E-state index in [4.69, 9.17) is 0 Å². The van der Waals surface area contributed by atoms with E-state index in [9.17, 15) is 39.2 Å². The van der Waals surface area contributed by atoms with Crippen LogP contribution in [0, 0.1) is 6.92 Å². The van der Waals surface area contributed by atoms with Crippen molar-refractivity contribution in [1.29, 1.82) is 0 Å². The highest BCUT2D eigenvalue weighted by Gasteiger charge is 2.73. The maximum Gasteiger partial charge on any atom is 0.435 e. The minimum Gasteiger partial charge on any atom is -0.312 e. The Hall–Kier alpha value is -2.14. The molecule has 0 spiro atoms. The van der Waals surface area contributed by atoms with Crippen LogP contribution in [0.5, 0.6) is 0 Å². The molecule has 1 N–H and O–H groups in total. The van der Waals surface area contributed by atoms with Crippen molar-refractivity contribution < 1.29 is 39.2 Å². The molecule has 1 heterocycles. The predicted octanol–water partition coefficient (Wildman–Crippen LogP) is 5.26. The van der Waals surface area contributed by atoms with E-state index in [1.807, 2.05) is 0 Å². The number of sulfone groups is 1. The molecular weight excluding hydrogens is 475 g/mol. The summed E-state index contributed by atoms with van der Waals surface area (Å²) in [4.78, 5) is 0.00384. The van der Waals surface area contributed by atoms with Gasteiger partial charge in [-0.25, -0.2) is 12.8 Å². The molecule has 33 heavy (non-hydrogen) atoms. The Balaban J connectivity index is 1.92. The van der Waals surface area contributed by atoms with Crippen LogP contribution >= 0.6 is 0 Å². The second kappa shape index (κ2) is 7.43. The average Bonchev–Trinajstić information content (AvgIpc) is 3.17. The molecule has 2 unspecified atom stereocenters. The standard InChI is InChI=1S/C22H20F7NO2S/c1-13-2-6-16(7-3-13)33(31,32)19-10-11-30-18(19)9-4-14-12-15(5-8-17(14)19)20(23,21(24,25)26)22(27,28)29/h2-3,5-8,12,18,30H,4,9-11H2,1H3. The van der Waals surface area contributed by atoms with Crippen molar-refractivity contribution in [1.82, 2.24) is 5.32 Å². The van der Waals surface area contributed by atoms with E-state index >= 15 is 0 Å². The number of benzene rings is 2. The first-order valence-corrected chi connectivity index (χ1v) is 11.7. The molecule has 1 fully saturated rings. The summed E-state index contributed by atoms with van der Waals surface area (Å²) in [5, 5.41) is 3.11. The van der Waals surface area contributed by atoms with E-state index in [0.29, 0.717) is 18.7 Å². The first-order chi connectivity index (χ1) is 15.2. The summed E-state index contributed by atoms with van der Waals surface area (Å²) < 4.78 is 120. The fraction of sp³-hybridized carbons (Fsp3) is 0.455. The van der Waals surface area contributed by atoms with E-state index < -0.39 is 44.2 Å². The van der Waals surface area contributed by atoms with Gasteiger partial charge in [-0.2, -0.15) is 26.3 Å². The predicted molar refractivity (Wildman–Crippen MR) is 106 cm³/mol. The molecule has 0 radical (unpaired) electrons. The Labute approximate surface area is 185 Å². The second-order valence-corrected chi connectivity index (χ2v) is 10.7. The van der Waals surface area contributed by atoms with Crippen molar-refractivity contribution in [3.8, 4) is 0 Å². The molecule has 3 nitrogen and oxygen atoms in total. The third kappa shape index (κ3) is 3.30. The molecule has 2 aromatic rings. The van der Waals surface area contributed by atoms with Crippen LogP contribution in [0.3, 0.4) is 0 Å². The van der Waals surface area contributed by atoms with Crippen LogP contribution in [-0.2, 0) is 26.7 Å². The van der Waals surface area contributed by atoms with Crippen LogP contribution in [0.1, 0.15) is 35.1 Å². The van der Waals surface area contributed by atoms with Gasteiger partial charge in [0.2, 0.25) is 0 Å². The van der Waals surface area contributed by atoms with Gasteiger partial charge in [-0.1, -0.05) is 35.9 Å². The van der Waals surface area contributed by atoms with E-state index in [2.05, 4.69) is 5.32 Å². The van der Waals surface area contributed by atoms with Crippen molar-refractivity contribution in [2.45, 2.75) is 59.9 Å². The lowest BCUT2D eigenvalue weighted by atomic mass is 9.77.